The largest absolute Gasteiger partial charge is 0.349 e. The average Bonchev–Trinajstić information content (AvgIpc) is 2.49. The van der Waals surface area contributed by atoms with Gasteiger partial charge in [0, 0.05) is 12.3 Å². The lowest BCUT2D eigenvalue weighted by Crippen LogP contribution is -2.48. The minimum atomic E-state index is 1.01. The van der Waals surface area contributed by atoms with Gasteiger partial charge in [-0.05, 0) is 18.2 Å². The lowest BCUT2D eigenvalue weighted by Gasteiger charge is -2.31. The van der Waals surface area contributed by atoms with Gasteiger partial charge in [0.2, 0.25) is 0 Å². The molecule has 0 aliphatic carbocycles. The molecule has 1 N–H and O–H groups in total. The molecule has 1 saturated heterocycles. The van der Waals surface area contributed by atoms with Crippen LogP contribution in [0.1, 0.15) is 0 Å². The van der Waals surface area contributed by atoms with E-state index in [1.807, 2.05) is 30.6 Å². The van der Waals surface area contributed by atoms with Crippen LogP contribution in [0.3, 0.4) is 0 Å². The molecular weight excluding hydrogens is 224 g/mol. The van der Waals surface area contributed by atoms with Gasteiger partial charge in [0.15, 0.2) is 0 Å². The normalized spacial score (nSPS) is 15.8. The smallest absolute Gasteiger partial charge is 0.274 e. The summed E-state index contributed by atoms with van der Waals surface area (Å²) in [7, 11) is 0. The molecule has 0 atom stereocenters. The van der Waals surface area contributed by atoms with E-state index >= 15 is 0 Å². The predicted octanol–water partition coefficient (Wildman–Crippen LogP) is 1.22. The molecule has 1 aliphatic rings. The van der Waals surface area contributed by atoms with Crippen molar-refractivity contribution in [2.24, 2.45) is 0 Å². The van der Waals surface area contributed by atoms with Crippen LogP contribution in [0.4, 0.5) is 11.6 Å². The van der Waals surface area contributed by atoms with E-state index in [9.17, 15) is 0 Å². The van der Waals surface area contributed by atoms with Crippen LogP contribution in [0.25, 0.3) is 0 Å². The number of aromatic nitrogens is 2. The molecule has 0 spiro atoms. The highest BCUT2D eigenvalue weighted by Gasteiger charge is 2.23. The lowest BCUT2D eigenvalue weighted by atomic mass is 10.3. The quantitative estimate of drug-likeness (QED) is 0.792. The summed E-state index contributed by atoms with van der Waals surface area (Å²) in [5.41, 5.74) is 0. The Morgan fingerprint density at radius 1 is 0.889 bits per heavy atom. The first-order valence-corrected chi connectivity index (χ1v) is 6.31. The highest BCUT2D eigenvalue weighted by Crippen LogP contribution is 2.15. The third-order valence-corrected chi connectivity index (χ3v) is 3.29. The fourth-order valence-corrected chi connectivity index (χ4v) is 2.30. The van der Waals surface area contributed by atoms with Crippen LogP contribution in [-0.4, -0.2) is 31.2 Å². The van der Waals surface area contributed by atoms with Gasteiger partial charge >= 0.3 is 0 Å². The van der Waals surface area contributed by atoms with Gasteiger partial charge in [-0.25, -0.2) is 9.97 Å². The molecule has 4 nitrogen and oxygen atoms in total. The molecule has 2 aromatic heterocycles. The minimum Gasteiger partial charge on any atom is -0.349 e. The number of hydrogen-bond donors (Lipinski definition) is 0. The molecule has 3 rings (SSSR count). The zero-order valence-electron chi connectivity index (χ0n) is 10.3. The van der Waals surface area contributed by atoms with E-state index < -0.39 is 0 Å². The van der Waals surface area contributed by atoms with E-state index in [2.05, 4.69) is 38.0 Å². The Balaban J connectivity index is 1.65. The fourth-order valence-electron chi connectivity index (χ4n) is 2.30. The Kier molecular flexibility index (Phi) is 3.08. The molecule has 2 aromatic rings. The van der Waals surface area contributed by atoms with Gasteiger partial charge in [0.05, 0.1) is 19.3 Å². The first-order chi connectivity index (χ1) is 8.93. The number of pyridine rings is 2. The van der Waals surface area contributed by atoms with Crippen LogP contribution in [0.5, 0.6) is 0 Å². The number of anilines is 2. The molecule has 4 heteroatoms. The molecule has 92 valence electrons. The topological polar surface area (TPSA) is 33.5 Å². The number of nitrogens with one attached hydrogen (secondary N) is 1. The van der Waals surface area contributed by atoms with Crippen LogP contribution in [-0.2, 0) is 0 Å². The molecule has 0 aromatic carbocycles. The summed E-state index contributed by atoms with van der Waals surface area (Å²) in [6, 6.07) is 12.3. The molecule has 3 heterocycles. The summed E-state index contributed by atoms with van der Waals surface area (Å²) in [6.07, 6.45) is 3.83. The Labute approximate surface area is 107 Å². The van der Waals surface area contributed by atoms with Crippen LogP contribution in [0, 0.1) is 0 Å². The van der Waals surface area contributed by atoms with Crippen molar-refractivity contribution in [3.63, 3.8) is 0 Å². The number of H-pyrrole nitrogens is 1. The number of nitrogens with zero attached hydrogens (tertiary/aromatic N) is 3. The van der Waals surface area contributed by atoms with Gasteiger partial charge in [-0.1, -0.05) is 12.1 Å². The summed E-state index contributed by atoms with van der Waals surface area (Å²) < 4.78 is 0. The SMILES string of the molecule is c1ccc(N2CCN(c3cccc[nH+]3)CC2)nc1. The molecule has 0 bridgehead atoms. The number of hydrogen-bond acceptors (Lipinski definition) is 3. The Morgan fingerprint density at radius 2 is 1.67 bits per heavy atom. The van der Waals surface area contributed by atoms with Crippen LogP contribution in [0.2, 0.25) is 0 Å². The maximum atomic E-state index is 4.40. The summed E-state index contributed by atoms with van der Waals surface area (Å²) >= 11 is 0. The third kappa shape index (κ3) is 2.27. The minimum absolute atomic E-state index is 1.01. The van der Waals surface area contributed by atoms with E-state index in [1.54, 1.807) is 0 Å². The van der Waals surface area contributed by atoms with E-state index in [-0.39, 0.29) is 0 Å². The van der Waals surface area contributed by atoms with E-state index in [1.165, 1.54) is 5.82 Å². The Morgan fingerprint density at radius 3 is 2.33 bits per heavy atom. The lowest BCUT2D eigenvalue weighted by molar-refractivity contribution is -0.364. The fraction of sp³-hybridized carbons (Fsp3) is 0.286. The monoisotopic (exact) mass is 241 g/mol. The maximum Gasteiger partial charge on any atom is 0.274 e. The second-order valence-corrected chi connectivity index (χ2v) is 4.41. The van der Waals surface area contributed by atoms with Gasteiger partial charge in [-0.2, -0.15) is 0 Å². The zero-order valence-corrected chi connectivity index (χ0v) is 10.3. The van der Waals surface area contributed by atoms with Crippen molar-refractivity contribution in [2.45, 2.75) is 0 Å². The molecule has 1 aliphatic heterocycles. The average molecular weight is 241 g/mol. The highest BCUT2D eigenvalue weighted by atomic mass is 15.3. The molecule has 0 saturated carbocycles. The van der Waals surface area contributed by atoms with Crippen LogP contribution < -0.4 is 14.8 Å². The van der Waals surface area contributed by atoms with Crippen molar-refractivity contribution in [3.8, 4) is 0 Å². The van der Waals surface area contributed by atoms with Gasteiger partial charge in [0.25, 0.3) is 5.82 Å². The first kappa shape index (κ1) is 11.0. The molecule has 0 amide bonds. The number of rotatable bonds is 2. The van der Waals surface area contributed by atoms with Gasteiger partial charge < -0.3 is 4.90 Å². The van der Waals surface area contributed by atoms with Gasteiger partial charge in [0.1, 0.15) is 18.9 Å². The second kappa shape index (κ2) is 5.04. The summed E-state index contributed by atoms with van der Waals surface area (Å²) in [4.78, 5) is 12.4. The van der Waals surface area contributed by atoms with Gasteiger partial charge in [-0.15, -0.1) is 0 Å². The van der Waals surface area contributed by atoms with Gasteiger partial charge in [-0.3, -0.25) is 4.90 Å². The van der Waals surface area contributed by atoms with Crippen LogP contribution >= 0.6 is 0 Å². The Bertz CT molecular complexity index is 430. The zero-order chi connectivity index (χ0) is 12.2. The van der Waals surface area contributed by atoms with Crippen molar-refractivity contribution in [2.75, 3.05) is 36.0 Å². The van der Waals surface area contributed by atoms with Crippen molar-refractivity contribution >= 4 is 11.6 Å². The van der Waals surface area contributed by atoms with Crippen molar-refractivity contribution < 1.29 is 4.98 Å². The van der Waals surface area contributed by atoms with Crippen molar-refractivity contribution in [1.82, 2.24) is 4.98 Å². The third-order valence-electron chi connectivity index (χ3n) is 3.29. The number of piperazine rings is 1. The molecule has 0 radical (unpaired) electrons. The maximum absolute atomic E-state index is 4.40. The van der Waals surface area contributed by atoms with E-state index in [0.29, 0.717) is 0 Å². The molecule has 18 heavy (non-hydrogen) atoms. The standard InChI is InChI=1S/C14H16N4/c1-3-7-15-13(5-1)17-9-11-18(12-10-17)14-6-2-4-8-16-14/h1-8H,9-12H2/p+1. The highest BCUT2D eigenvalue weighted by molar-refractivity contribution is 5.42. The molecule has 0 unspecified atom stereocenters. The van der Waals surface area contributed by atoms with E-state index in [4.69, 9.17) is 0 Å². The van der Waals surface area contributed by atoms with Crippen molar-refractivity contribution in [1.29, 1.82) is 0 Å². The molecular formula is C14H17N4+. The summed E-state index contributed by atoms with van der Waals surface area (Å²) in [5.74, 6) is 2.27. The predicted molar refractivity (Wildman–Crippen MR) is 71.7 cm³/mol. The van der Waals surface area contributed by atoms with Crippen LogP contribution in [0.15, 0.2) is 48.8 Å². The first-order valence-electron chi connectivity index (χ1n) is 6.31. The Hall–Kier alpha value is -2.10. The van der Waals surface area contributed by atoms with Crippen molar-refractivity contribution in [3.05, 3.63) is 48.8 Å². The second-order valence-electron chi connectivity index (χ2n) is 4.41. The summed E-state index contributed by atoms with van der Waals surface area (Å²) in [5, 5.41) is 0. The number of aromatic amines is 1. The summed E-state index contributed by atoms with van der Waals surface area (Å²) in [6.45, 7) is 4.08. The van der Waals surface area contributed by atoms with E-state index in [0.717, 1.165) is 32.0 Å². The molecule has 1 fully saturated rings.